The quantitative estimate of drug-likeness (QED) is 0.590. The molecule has 92 valence electrons. The van der Waals surface area contributed by atoms with Gasteiger partial charge in [-0.25, -0.2) is 0 Å². The number of carbonyl (C=O) groups excluding carboxylic acids is 2. The van der Waals surface area contributed by atoms with Crippen LogP contribution in [0.15, 0.2) is 0 Å². The van der Waals surface area contributed by atoms with Crippen LogP contribution in [-0.4, -0.2) is 28.9 Å². The Bertz CT molecular complexity index is 299. The van der Waals surface area contributed by atoms with E-state index in [9.17, 15) is 14.4 Å². The van der Waals surface area contributed by atoms with Crippen LogP contribution in [-0.2, 0) is 14.4 Å². The summed E-state index contributed by atoms with van der Waals surface area (Å²) in [7, 11) is 0. The van der Waals surface area contributed by atoms with Crippen molar-refractivity contribution in [3.8, 4) is 0 Å². The number of primary amides is 1. The lowest BCUT2D eigenvalue weighted by Crippen LogP contribution is -2.43. The lowest BCUT2D eigenvalue weighted by atomic mass is 9.85. The van der Waals surface area contributed by atoms with E-state index < -0.39 is 23.3 Å². The molecule has 0 radical (unpaired) electrons. The molecule has 0 aromatic carbocycles. The number of hydrogen-bond donors (Lipinski definition) is 3. The Labute approximate surface area is 94.2 Å². The fraction of sp³-hybridized carbons (Fsp3) is 0.700. The third kappa shape index (κ3) is 6.00. The number of carboxylic acids is 1. The number of carbonyl (C=O) groups is 3. The summed E-state index contributed by atoms with van der Waals surface area (Å²) in [6.45, 7) is 4.83. The van der Waals surface area contributed by atoms with Gasteiger partial charge in [0, 0.05) is 6.42 Å². The first-order valence-corrected chi connectivity index (χ1v) is 4.94. The molecule has 0 rings (SSSR count). The lowest BCUT2D eigenvalue weighted by molar-refractivity contribution is -0.140. The van der Waals surface area contributed by atoms with Gasteiger partial charge in [0.05, 0.1) is 6.42 Å². The summed E-state index contributed by atoms with van der Waals surface area (Å²) in [5, 5.41) is 11.0. The molecule has 4 N–H and O–H groups in total. The smallest absolute Gasteiger partial charge is 0.303 e. The molecule has 0 aromatic heterocycles. The van der Waals surface area contributed by atoms with Gasteiger partial charge in [0.2, 0.25) is 11.8 Å². The van der Waals surface area contributed by atoms with E-state index in [1.165, 1.54) is 6.92 Å². The fourth-order valence-corrected chi connectivity index (χ4v) is 1.27. The Balaban J connectivity index is 4.23. The summed E-state index contributed by atoms with van der Waals surface area (Å²) < 4.78 is 0. The highest BCUT2D eigenvalue weighted by Crippen LogP contribution is 2.24. The van der Waals surface area contributed by atoms with Crippen LogP contribution in [0.25, 0.3) is 0 Å². The van der Waals surface area contributed by atoms with Crippen molar-refractivity contribution in [1.82, 2.24) is 5.32 Å². The summed E-state index contributed by atoms with van der Waals surface area (Å²) in [6.07, 6.45) is -0.0672. The molecule has 0 saturated carbocycles. The van der Waals surface area contributed by atoms with Crippen molar-refractivity contribution in [3.05, 3.63) is 0 Å². The van der Waals surface area contributed by atoms with Gasteiger partial charge in [0.25, 0.3) is 0 Å². The van der Waals surface area contributed by atoms with Crippen LogP contribution < -0.4 is 11.1 Å². The Morgan fingerprint density at radius 3 is 2.19 bits per heavy atom. The van der Waals surface area contributed by atoms with Crippen LogP contribution in [0.4, 0.5) is 0 Å². The number of carboxylic acid groups (broad SMARTS) is 1. The molecular weight excluding hydrogens is 212 g/mol. The van der Waals surface area contributed by atoms with E-state index in [-0.39, 0.29) is 18.7 Å². The van der Waals surface area contributed by atoms with Gasteiger partial charge in [-0.15, -0.1) is 0 Å². The molecule has 0 aliphatic carbocycles. The van der Waals surface area contributed by atoms with E-state index in [0.717, 1.165) is 0 Å². The molecule has 6 heteroatoms. The first kappa shape index (κ1) is 14.4. The van der Waals surface area contributed by atoms with Crippen molar-refractivity contribution >= 4 is 17.8 Å². The average molecular weight is 230 g/mol. The molecular formula is C10H18N2O4. The van der Waals surface area contributed by atoms with Crippen molar-refractivity contribution < 1.29 is 19.5 Å². The minimum atomic E-state index is -0.958. The number of nitrogens with two attached hydrogens (primary N) is 1. The van der Waals surface area contributed by atoms with Gasteiger partial charge < -0.3 is 16.2 Å². The number of aliphatic carboxylic acids is 1. The molecule has 0 saturated heterocycles. The third-order valence-corrected chi connectivity index (χ3v) is 2.07. The zero-order chi connectivity index (χ0) is 12.9. The maximum atomic E-state index is 11.4. The van der Waals surface area contributed by atoms with Crippen LogP contribution in [0.1, 0.15) is 33.6 Å². The van der Waals surface area contributed by atoms with Gasteiger partial charge in [-0.05, 0) is 12.3 Å². The van der Waals surface area contributed by atoms with E-state index >= 15 is 0 Å². The van der Waals surface area contributed by atoms with Gasteiger partial charge in [0.15, 0.2) is 0 Å². The van der Waals surface area contributed by atoms with E-state index in [1.54, 1.807) is 13.8 Å². The normalized spacial score (nSPS) is 12.9. The number of nitrogens with one attached hydrogen (secondary N) is 1. The average Bonchev–Trinajstić information content (AvgIpc) is 1.98. The van der Waals surface area contributed by atoms with Crippen molar-refractivity contribution in [2.45, 2.75) is 39.7 Å². The second-order valence-corrected chi connectivity index (χ2v) is 4.60. The van der Waals surface area contributed by atoms with Crippen molar-refractivity contribution in [3.63, 3.8) is 0 Å². The van der Waals surface area contributed by atoms with Gasteiger partial charge in [-0.1, -0.05) is 13.8 Å². The minimum Gasteiger partial charge on any atom is -0.481 e. The highest BCUT2D eigenvalue weighted by Gasteiger charge is 2.26. The van der Waals surface area contributed by atoms with Crippen molar-refractivity contribution in [2.24, 2.45) is 11.1 Å². The molecule has 0 heterocycles. The molecule has 1 atom stereocenters. The minimum absolute atomic E-state index is 0.0386. The Kier molecular flexibility index (Phi) is 4.94. The van der Waals surface area contributed by atoms with Crippen molar-refractivity contribution in [1.29, 1.82) is 0 Å². The predicted octanol–water partition coefficient (Wildman–Crippen LogP) is -0.133. The zero-order valence-electron chi connectivity index (χ0n) is 9.74. The molecule has 1 unspecified atom stereocenters. The van der Waals surface area contributed by atoms with Gasteiger partial charge in [-0.3, -0.25) is 14.4 Å². The number of rotatable bonds is 6. The topological polar surface area (TPSA) is 109 Å². The second kappa shape index (κ2) is 5.48. The highest BCUT2D eigenvalue weighted by molar-refractivity contribution is 5.86. The number of amides is 2. The largest absolute Gasteiger partial charge is 0.481 e. The summed E-state index contributed by atoms with van der Waals surface area (Å²) in [5.74, 6) is -1.96. The molecule has 0 bridgehead atoms. The zero-order valence-corrected chi connectivity index (χ0v) is 9.74. The van der Waals surface area contributed by atoms with E-state index in [4.69, 9.17) is 10.8 Å². The SMILES string of the molecule is CC(NC(=O)CC(C)(C)CC(=O)O)C(N)=O. The molecule has 16 heavy (non-hydrogen) atoms. The summed E-state index contributed by atoms with van der Waals surface area (Å²) >= 11 is 0. The molecule has 2 amide bonds. The number of hydrogen-bond acceptors (Lipinski definition) is 3. The van der Waals surface area contributed by atoms with E-state index in [2.05, 4.69) is 5.32 Å². The van der Waals surface area contributed by atoms with E-state index in [0.29, 0.717) is 0 Å². The van der Waals surface area contributed by atoms with Crippen LogP contribution in [0.5, 0.6) is 0 Å². The summed E-state index contributed by atoms with van der Waals surface area (Å²) in [6, 6.07) is -0.742. The Hall–Kier alpha value is -1.59. The monoisotopic (exact) mass is 230 g/mol. The highest BCUT2D eigenvalue weighted by atomic mass is 16.4. The van der Waals surface area contributed by atoms with Crippen molar-refractivity contribution in [2.75, 3.05) is 0 Å². The Morgan fingerprint density at radius 1 is 1.31 bits per heavy atom. The predicted molar refractivity (Wildman–Crippen MR) is 57.4 cm³/mol. The van der Waals surface area contributed by atoms with E-state index in [1.807, 2.05) is 0 Å². The third-order valence-electron chi connectivity index (χ3n) is 2.07. The first-order chi connectivity index (χ1) is 7.14. The molecule has 0 aliphatic rings. The molecule has 0 aliphatic heterocycles. The summed E-state index contributed by atoms with van der Waals surface area (Å²) in [4.78, 5) is 32.7. The van der Waals surface area contributed by atoms with Crippen LogP contribution in [0, 0.1) is 5.41 Å². The van der Waals surface area contributed by atoms with Gasteiger partial charge in [0.1, 0.15) is 6.04 Å². The molecule has 0 spiro atoms. The summed E-state index contributed by atoms with van der Waals surface area (Å²) in [5.41, 5.74) is 4.34. The first-order valence-electron chi connectivity index (χ1n) is 4.94. The maximum absolute atomic E-state index is 11.4. The fourth-order valence-electron chi connectivity index (χ4n) is 1.27. The Morgan fingerprint density at radius 2 is 1.81 bits per heavy atom. The molecule has 6 nitrogen and oxygen atoms in total. The molecule has 0 aromatic rings. The maximum Gasteiger partial charge on any atom is 0.303 e. The lowest BCUT2D eigenvalue weighted by Gasteiger charge is -2.22. The van der Waals surface area contributed by atoms with Crippen LogP contribution >= 0.6 is 0 Å². The van der Waals surface area contributed by atoms with Crippen LogP contribution in [0.2, 0.25) is 0 Å². The molecule has 0 fully saturated rings. The van der Waals surface area contributed by atoms with Gasteiger partial charge >= 0.3 is 5.97 Å². The van der Waals surface area contributed by atoms with Crippen LogP contribution in [0.3, 0.4) is 0 Å². The standard InChI is InChI=1S/C10H18N2O4/c1-6(9(11)16)12-7(13)4-10(2,3)5-8(14)15/h6H,4-5H2,1-3H3,(H2,11,16)(H,12,13)(H,14,15). The second-order valence-electron chi connectivity index (χ2n) is 4.60. The van der Waals surface area contributed by atoms with Gasteiger partial charge in [-0.2, -0.15) is 0 Å².